The van der Waals surface area contributed by atoms with Crippen LogP contribution in [-0.2, 0) is 9.84 Å². The second-order valence-corrected chi connectivity index (χ2v) is 12.0. The molecule has 8 nitrogen and oxygen atoms in total. The summed E-state index contributed by atoms with van der Waals surface area (Å²) >= 11 is 2.18. The highest BCUT2D eigenvalue weighted by Crippen LogP contribution is 2.43. The summed E-state index contributed by atoms with van der Waals surface area (Å²) in [4.78, 5) is 17.1. The van der Waals surface area contributed by atoms with E-state index in [0.29, 0.717) is 23.6 Å². The van der Waals surface area contributed by atoms with Gasteiger partial charge in [-0.3, -0.25) is 0 Å². The van der Waals surface area contributed by atoms with E-state index in [0.717, 1.165) is 24.4 Å². The molecule has 0 saturated carbocycles. The maximum absolute atomic E-state index is 12.8. The van der Waals surface area contributed by atoms with Crippen LogP contribution in [0.3, 0.4) is 0 Å². The molecule has 0 aromatic heterocycles. The molecule has 2 amide bonds. The third-order valence-electron chi connectivity index (χ3n) is 6.21. The number of nitrogens with zero attached hydrogens (tertiary/aromatic N) is 2. The Morgan fingerprint density at radius 1 is 1.23 bits per heavy atom. The standard InChI is InChI=1S/C21H33IN4O4S/c1-21(2)11-16-12-25(20(27)24-8-10-31(28,29)9-7-23)14-19(21)26(13-16)17-3-5-18(6-4-17)30-15-22/h3-6,16,19H,7-15,23H2,1-2H3,(H,24,27)/t16-,19?/m1/s1. The van der Waals surface area contributed by atoms with Crippen LogP contribution >= 0.6 is 22.6 Å². The van der Waals surface area contributed by atoms with Crippen LogP contribution < -0.4 is 20.7 Å². The van der Waals surface area contributed by atoms with Gasteiger partial charge in [0.05, 0.1) is 17.5 Å². The minimum absolute atomic E-state index is 0.0540. The Hall–Kier alpha value is -1.27. The number of ether oxygens (including phenoxy) is 1. The lowest BCUT2D eigenvalue weighted by atomic mass is 9.73. The number of carbonyl (C=O) groups is 1. The number of carbonyl (C=O) groups excluding carboxylic acids is 1. The van der Waals surface area contributed by atoms with Gasteiger partial charge in [-0.1, -0.05) is 13.8 Å². The molecule has 2 bridgehead atoms. The maximum Gasteiger partial charge on any atom is 0.317 e. The van der Waals surface area contributed by atoms with Crippen molar-refractivity contribution in [3.05, 3.63) is 24.3 Å². The Balaban J connectivity index is 1.69. The van der Waals surface area contributed by atoms with E-state index in [4.69, 9.17) is 10.5 Å². The Bertz CT molecular complexity index is 863. The number of halogens is 1. The summed E-state index contributed by atoms with van der Waals surface area (Å²) < 4.78 is 29.9. The zero-order valence-corrected chi connectivity index (χ0v) is 21.2. The lowest BCUT2D eigenvalue weighted by Gasteiger charge is -2.48. The highest BCUT2D eigenvalue weighted by Gasteiger charge is 2.46. The normalized spacial score (nSPS) is 22.8. The first-order valence-corrected chi connectivity index (χ1v) is 14.0. The van der Waals surface area contributed by atoms with Gasteiger partial charge in [-0.2, -0.15) is 0 Å². The zero-order valence-electron chi connectivity index (χ0n) is 18.2. The summed E-state index contributed by atoms with van der Waals surface area (Å²) in [5, 5.41) is 2.80. The summed E-state index contributed by atoms with van der Waals surface area (Å²) in [5.74, 6) is 1.07. The lowest BCUT2D eigenvalue weighted by molar-refractivity contribution is 0.187. The van der Waals surface area contributed by atoms with Gasteiger partial charge in [0.2, 0.25) is 0 Å². The average molecular weight is 564 g/mol. The minimum Gasteiger partial charge on any atom is -0.483 e. The number of benzene rings is 1. The molecule has 3 saturated heterocycles. The molecule has 0 spiro atoms. The summed E-state index contributed by atoms with van der Waals surface area (Å²) in [6, 6.07) is 8.14. The average Bonchev–Trinajstić information content (AvgIpc) is 2.96. The summed E-state index contributed by atoms with van der Waals surface area (Å²) in [6.45, 7) is 6.93. The predicted molar refractivity (Wildman–Crippen MR) is 132 cm³/mol. The van der Waals surface area contributed by atoms with E-state index in [2.05, 4.69) is 58.8 Å². The Morgan fingerprint density at radius 3 is 2.58 bits per heavy atom. The fraction of sp³-hybridized carbons (Fsp3) is 0.667. The van der Waals surface area contributed by atoms with E-state index < -0.39 is 9.84 Å². The molecule has 3 N–H and O–H groups in total. The van der Waals surface area contributed by atoms with Crippen LogP contribution in [0, 0.1) is 11.3 Å². The van der Waals surface area contributed by atoms with Gasteiger partial charge >= 0.3 is 6.03 Å². The quantitative estimate of drug-likeness (QED) is 0.370. The highest BCUT2D eigenvalue weighted by molar-refractivity contribution is 14.1. The van der Waals surface area contributed by atoms with E-state index in [1.807, 2.05) is 17.0 Å². The van der Waals surface area contributed by atoms with Gasteiger partial charge in [-0.15, -0.1) is 0 Å². The number of piperidine rings is 1. The molecule has 3 aliphatic rings. The molecule has 3 heterocycles. The second-order valence-electron chi connectivity index (χ2n) is 9.05. The molecule has 10 heteroatoms. The number of nitrogens with two attached hydrogens (primary N) is 1. The van der Waals surface area contributed by atoms with Crippen LogP contribution in [0.5, 0.6) is 5.75 Å². The summed E-state index contributed by atoms with van der Waals surface area (Å²) in [6.07, 6.45) is 1.05. The monoisotopic (exact) mass is 564 g/mol. The number of amides is 2. The SMILES string of the molecule is CC1(C)C[C@@H]2CN(C(=O)NCCS(=O)(=O)CCN)CC1N(c1ccc(OCI)cc1)C2. The number of fused-ring (bicyclic) bond motifs is 4. The van der Waals surface area contributed by atoms with Crippen molar-refractivity contribution >= 4 is 44.1 Å². The molecule has 0 radical (unpaired) electrons. The van der Waals surface area contributed by atoms with Gasteiger partial charge < -0.3 is 25.6 Å². The predicted octanol–water partition coefficient (Wildman–Crippen LogP) is 2.08. The third-order valence-corrected chi connectivity index (χ3v) is 8.21. The Kier molecular flexibility index (Phi) is 7.95. The van der Waals surface area contributed by atoms with Crippen molar-refractivity contribution in [1.29, 1.82) is 0 Å². The fourth-order valence-electron chi connectivity index (χ4n) is 4.79. The van der Waals surface area contributed by atoms with Gasteiger partial charge in [0, 0.05) is 38.4 Å². The first kappa shape index (κ1) is 24.4. The van der Waals surface area contributed by atoms with Crippen molar-refractivity contribution in [1.82, 2.24) is 10.2 Å². The maximum atomic E-state index is 12.8. The number of anilines is 1. The van der Waals surface area contributed by atoms with Crippen molar-refractivity contribution in [2.45, 2.75) is 26.3 Å². The van der Waals surface area contributed by atoms with Gasteiger partial charge in [0.25, 0.3) is 0 Å². The number of urea groups is 1. The van der Waals surface area contributed by atoms with Gasteiger partial charge in [-0.25, -0.2) is 13.2 Å². The van der Waals surface area contributed by atoms with Crippen LogP contribution in [0.15, 0.2) is 24.3 Å². The van der Waals surface area contributed by atoms with Crippen molar-refractivity contribution < 1.29 is 17.9 Å². The molecule has 3 fully saturated rings. The smallest absolute Gasteiger partial charge is 0.317 e. The molecule has 1 aromatic carbocycles. The summed E-state index contributed by atoms with van der Waals surface area (Å²) in [7, 11) is -3.22. The topological polar surface area (TPSA) is 105 Å². The molecular formula is C21H33IN4O4S. The molecule has 0 aliphatic carbocycles. The number of hydrogen-bond donors (Lipinski definition) is 2. The number of rotatable bonds is 8. The van der Waals surface area contributed by atoms with Crippen LogP contribution in [-0.4, -0.2) is 74.2 Å². The first-order chi connectivity index (χ1) is 14.6. The van der Waals surface area contributed by atoms with Crippen molar-refractivity contribution in [3.63, 3.8) is 0 Å². The Labute approximate surface area is 198 Å². The van der Waals surface area contributed by atoms with Crippen molar-refractivity contribution in [2.75, 3.05) is 53.7 Å². The third kappa shape index (κ3) is 6.16. The second kappa shape index (κ2) is 10.1. The van der Waals surface area contributed by atoms with Gasteiger partial charge in [0.15, 0.2) is 9.84 Å². The largest absolute Gasteiger partial charge is 0.483 e. The van der Waals surface area contributed by atoms with E-state index >= 15 is 0 Å². The highest BCUT2D eigenvalue weighted by atomic mass is 127. The van der Waals surface area contributed by atoms with E-state index in [1.54, 1.807) is 0 Å². The van der Waals surface area contributed by atoms with Crippen LogP contribution in [0.4, 0.5) is 10.5 Å². The molecule has 1 unspecified atom stereocenters. The summed E-state index contributed by atoms with van der Waals surface area (Å²) in [5.41, 5.74) is 6.53. The van der Waals surface area contributed by atoms with Gasteiger partial charge in [-0.05, 0) is 64.6 Å². The molecule has 174 valence electrons. The van der Waals surface area contributed by atoms with Gasteiger partial charge in [0.1, 0.15) is 10.4 Å². The van der Waals surface area contributed by atoms with E-state index in [-0.39, 0.29) is 42.1 Å². The van der Waals surface area contributed by atoms with E-state index in [1.165, 1.54) is 0 Å². The number of alkyl halides is 1. The van der Waals surface area contributed by atoms with Crippen molar-refractivity contribution in [2.24, 2.45) is 17.1 Å². The van der Waals surface area contributed by atoms with Crippen LogP contribution in [0.2, 0.25) is 0 Å². The number of hydrogen-bond acceptors (Lipinski definition) is 6. The molecule has 1 aromatic rings. The fourth-order valence-corrected chi connectivity index (χ4v) is 6.13. The van der Waals surface area contributed by atoms with Crippen LogP contribution in [0.25, 0.3) is 0 Å². The molecule has 2 atom stereocenters. The zero-order chi connectivity index (χ0) is 22.6. The first-order valence-electron chi connectivity index (χ1n) is 10.6. The number of sulfone groups is 1. The van der Waals surface area contributed by atoms with E-state index in [9.17, 15) is 13.2 Å². The molecular weight excluding hydrogens is 531 g/mol. The van der Waals surface area contributed by atoms with Crippen molar-refractivity contribution in [3.8, 4) is 5.75 Å². The minimum atomic E-state index is -3.22. The molecule has 3 aliphatic heterocycles. The van der Waals surface area contributed by atoms with Crippen LogP contribution in [0.1, 0.15) is 20.3 Å². The number of nitrogens with one attached hydrogen (secondary N) is 1. The lowest BCUT2D eigenvalue weighted by Crippen LogP contribution is -2.54. The Morgan fingerprint density at radius 2 is 1.94 bits per heavy atom. The molecule has 31 heavy (non-hydrogen) atoms. The molecule has 4 rings (SSSR count).